The predicted octanol–water partition coefficient (Wildman–Crippen LogP) is 41.8. The fourth-order valence-electron chi connectivity index (χ4n) is 23.3. The lowest BCUT2D eigenvalue weighted by Crippen LogP contribution is -2.10. The van der Waals surface area contributed by atoms with Crippen LogP contribution in [0.15, 0.2) is 546 Å². The molecule has 0 heterocycles. The molecular formula is C147H102. The molecule has 0 N–H and O–H groups in total. The maximum atomic E-state index is 2.44. The zero-order chi connectivity index (χ0) is 98.2. The van der Waals surface area contributed by atoms with Gasteiger partial charge in [-0.2, -0.15) is 0 Å². The van der Waals surface area contributed by atoms with Gasteiger partial charge in [0.1, 0.15) is 0 Å². The Kier molecular flexibility index (Phi) is 22.6. The number of hydrogen-bond donors (Lipinski definition) is 0. The van der Waals surface area contributed by atoms with Gasteiger partial charge in [0, 0.05) is 0 Å². The average Bonchev–Trinajstić information content (AvgIpc) is 0.728. The molecule has 0 aliphatic heterocycles. The summed E-state index contributed by atoms with van der Waals surface area (Å²) in [7, 11) is 0. The molecule has 147 heavy (non-hydrogen) atoms. The largest absolute Gasteiger partial charge is 0.0622 e. The SMILES string of the molecule is CC(C)(C)c1ccc2c(-c3ccc4ccccc4c3)c3ccccc3c(-c3ccc4ccccc4c3)c2c1.Cc1ccc2c(-c3ccc4ccccc4c3)c3ccccc3c(-c3ccc4ccccc4c3)c2c1.c1ccc(-c2ccc3c(-c4ccc5ccccc5c4)c4ccccc4c(-c4ccc5ccccc5c4)c3c2)cc1.c1ccc2cc(-c3c4ccccc4c(-c4ccc5ccccc5c4)c4ccccc34)ccc2c1. The first kappa shape index (κ1) is 88.7. The Bertz CT molecular complexity index is 10100. The quantitative estimate of drug-likeness (QED) is 0.126. The van der Waals surface area contributed by atoms with Gasteiger partial charge in [0.05, 0.1) is 0 Å². The van der Waals surface area contributed by atoms with Gasteiger partial charge in [-0.05, 0) is 351 Å². The monoisotopic (exact) mass is 1870 g/mol. The van der Waals surface area contributed by atoms with Gasteiger partial charge in [-0.3, -0.25) is 0 Å². The van der Waals surface area contributed by atoms with Gasteiger partial charge in [-0.15, -0.1) is 0 Å². The van der Waals surface area contributed by atoms with Crippen LogP contribution in [-0.4, -0.2) is 0 Å². The molecule has 0 saturated carbocycles. The van der Waals surface area contributed by atoms with Crippen LogP contribution in [0.2, 0.25) is 0 Å². The highest BCUT2D eigenvalue weighted by molar-refractivity contribution is 6.27. The maximum absolute atomic E-state index is 2.44. The summed E-state index contributed by atoms with van der Waals surface area (Å²) in [6.45, 7) is 9.09. The van der Waals surface area contributed by atoms with E-state index in [0.29, 0.717) is 0 Å². The van der Waals surface area contributed by atoms with Crippen molar-refractivity contribution < 1.29 is 0 Å². The Morgan fingerprint density at radius 2 is 0.279 bits per heavy atom. The summed E-state index contributed by atoms with van der Waals surface area (Å²) in [5.41, 5.74) is 25.7. The lowest BCUT2D eigenvalue weighted by Gasteiger charge is -2.23. The van der Waals surface area contributed by atoms with Gasteiger partial charge in [0.15, 0.2) is 0 Å². The van der Waals surface area contributed by atoms with Gasteiger partial charge >= 0.3 is 0 Å². The first-order valence-electron chi connectivity index (χ1n) is 51.3. The molecule has 0 heteroatoms. The second-order valence-corrected chi connectivity index (χ2v) is 40.4. The van der Waals surface area contributed by atoms with Crippen molar-refractivity contribution in [3.63, 3.8) is 0 Å². The normalized spacial score (nSPS) is 11.7. The second kappa shape index (κ2) is 37.4. The van der Waals surface area contributed by atoms with E-state index in [4.69, 9.17) is 0 Å². The summed E-state index contributed by atoms with van der Waals surface area (Å²) in [5, 5.41) is 41.0. The van der Waals surface area contributed by atoms with Gasteiger partial charge in [-0.1, -0.05) is 512 Å². The molecule has 0 aliphatic rings. The zero-order valence-electron chi connectivity index (χ0n) is 82.5. The predicted molar refractivity (Wildman–Crippen MR) is 638 cm³/mol. The van der Waals surface area contributed by atoms with Gasteiger partial charge in [0.2, 0.25) is 0 Å². The van der Waals surface area contributed by atoms with E-state index < -0.39 is 0 Å². The van der Waals surface area contributed by atoms with E-state index in [9.17, 15) is 0 Å². The van der Waals surface area contributed by atoms with Crippen molar-refractivity contribution in [2.24, 2.45) is 0 Å². The number of benzene rings is 29. The molecule has 0 aliphatic carbocycles. The first-order chi connectivity index (χ1) is 72.4. The number of aryl methyl sites for hydroxylation is 1. The second-order valence-electron chi connectivity index (χ2n) is 40.4. The van der Waals surface area contributed by atoms with Crippen LogP contribution in [0, 0.1) is 6.92 Å². The van der Waals surface area contributed by atoms with Crippen LogP contribution in [0.3, 0.4) is 0 Å². The van der Waals surface area contributed by atoms with Crippen molar-refractivity contribution >= 4 is 172 Å². The molecule has 0 amide bonds. The van der Waals surface area contributed by atoms with E-state index in [1.165, 1.54) is 284 Å². The molecule has 0 nitrogen and oxygen atoms in total. The Balaban J connectivity index is 0.0000000996. The van der Waals surface area contributed by atoms with E-state index in [1.807, 2.05) is 0 Å². The Hall–Kier alpha value is -18.5. The molecule has 29 aromatic rings. The summed E-state index contributed by atoms with van der Waals surface area (Å²) in [5.74, 6) is 0. The van der Waals surface area contributed by atoms with Crippen LogP contribution in [-0.2, 0) is 5.41 Å². The van der Waals surface area contributed by atoms with Crippen LogP contribution < -0.4 is 0 Å². The van der Waals surface area contributed by atoms with Crippen molar-refractivity contribution in [1.29, 1.82) is 0 Å². The summed E-state index contributed by atoms with van der Waals surface area (Å²) < 4.78 is 0. The van der Waals surface area contributed by atoms with Crippen LogP contribution in [0.25, 0.3) is 273 Å². The summed E-state index contributed by atoms with van der Waals surface area (Å²) in [4.78, 5) is 0. The summed E-state index contributed by atoms with van der Waals surface area (Å²) in [6, 6.07) is 200. The number of rotatable bonds is 9. The fraction of sp³-hybridized carbons (Fsp3) is 0.0340. The topological polar surface area (TPSA) is 0 Å². The average molecular weight is 1870 g/mol. The Morgan fingerprint density at radius 3 is 0.510 bits per heavy atom. The molecular weight excluding hydrogens is 1770 g/mol. The maximum Gasteiger partial charge on any atom is -0.00259 e. The molecule has 0 radical (unpaired) electrons. The molecule has 690 valence electrons. The van der Waals surface area contributed by atoms with Crippen LogP contribution in [0.1, 0.15) is 31.9 Å². The third kappa shape index (κ3) is 16.5. The van der Waals surface area contributed by atoms with Gasteiger partial charge in [-0.25, -0.2) is 0 Å². The van der Waals surface area contributed by atoms with Crippen molar-refractivity contribution in [2.45, 2.75) is 33.1 Å². The minimum absolute atomic E-state index is 0.0591. The highest BCUT2D eigenvalue weighted by atomic mass is 14.3. The number of fused-ring (bicyclic) bond motifs is 16. The van der Waals surface area contributed by atoms with Crippen LogP contribution in [0.4, 0.5) is 0 Å². The lowest BCUT2D eigenvalue weighted by molar-refractivity contribution is 0.591. The summed E-state index contributed by atoms with van der Waals surface area (Å²) in [6.07, 6.45) is 0. The van der Waals surface area contributed by atoms with Crippen molar-refractivity contribution in [2.75, 3.05) is 0 Å². The minimum Gasteiger partial charge on any atom is -0.0622 e. The Labute approximate surface area is 856 Å². The Morgan fingerprint density at radius 1 is 0.109 bits per heavy atom. The highest BCUT2D eigenvalue weighted by Crippen LogP contribution is 2.52. The summed E-state index contributed by atoms with van der Waals surface area (Å²) >= 11 is 0. The molecule has 0 atom stereocenters. The van der Waals surface area contributed by atoms with Gasteiger partial charge < -0.3 is 0 Å². The first-order valence-corrected chi connectivity index (χ1v) is 51.3. The number of hydrogen-bond acceptors (Lipinski definition) is 0. The third-order valence-corrected chi connectivity index (χ3v) is 30.4. The van der Waals surface area contributed by atoms with E-state index in [2.05, 4.69) is 574 Å². The molecule has 0 saturated heterocycles. The minimum atomic E-state index is 0.0591. The molecule has 0 bridgehead atoms. The molecule has 0 aromatic heterocycles. The standard InChI is InChI=1S/C40H26.C38H30.C35H24.C34H22/c1-2-10-27(11-3-1)32-22-23-37-38(26-32)40(34-21-19-29-13-5-7-15-31(29)25-34)36-17-9-8-16-35(36)39(37)33-20-18-28-12-4-6-14-30(28)24-33;1-38(2,3)31-20-21-34-35(24-31)37(30-19-17-26-11-5-7-13-28(26)23-30)33-15-9-8-14-32(33)36(34)29-18-16-25-10-4-6-12-27(25)22-29;1-23-14-19-32-33(20-23)35(29-18-16-25-9-3-5-11-27(25)22-29)31-13-7-6-12-30(31)34(32)28-17-15-24-8-2-4-10-26(24)21-28;1-3-11-25-21-27(19-17-23(25)9-1)33-29-13-5-7-15-31(29)34(32-16-8-6-14-30(32)33)28-20-18-24-10-2-4-12-26(24)22-28/h1-26H;4-24H,1-3H3;2-22H,1H3;1-22H. The van der Waals surface area contributed by atoms with E-state index >= 15 is 0 Å². The molecule has 29 aromatic carbocycles. The molecule has 0 spiro atoms. The van der Waals surface area contributed by atoms with E-state index in [-0.39, 0.29) is 5.41 Å². The van der Waals surface area contributed by atoms with Crippen LogP contribution >= 0.6 is 0 Å². The van der Waals surface area contributed by atoms with Crippen LogP contribution in [0.5, 0.6) is 0 Å². The smallest absolute Gasteiger partial charge is 0.00259 e. The molecule has 0 unspecified atom stereocenters. The van der Waals surface area contributed by atoms with Crippen molar-refractivity contribution in [1.82, 2.24) is 0 Å². The fourth-order valence-corrected chi connectivity index (χ4v) is 23.3. The van der Waals surface area contributed by atoms with Crippen molar-refractivity contribution in [3.8, 4) is 100 Å². The highest BCUT2D eigenvalue weighted by Gasteiger charge is 2.26. The van der Waals surface area contributed by atoms with Crippen molar-refractivity contribution in [3.05, 3.63) is 557 Å². The molecule has 0 fully saturated rings. The third-order valence-electron chi connectivity index (χ3n) is 30.4. The van der Waals surface area contributed by atoms with E-state index in [1.54, 1.807) is 0 Å². The van der Waals surface area contributed by atoms with Gasteiger partial charge in [0.25, 0.3) is 0 Å². The lowest BCUT2D eigenvalue weighted by atomic mass is 9.81. The zero-order valence-corrected chi connectivity index (χ0v) is 82.5. The molecule has 29 rings (SSSR count). The van der Waals surface area contributed by atoms with E-state index in [0.717, 1.165) is 0 Å².